The normalized spacial score (nSPS) is 11.2. The lowest BCUT2D eigenvalue weighted by molar-refractivity contribution is 0.415. The van der Waals surface area contributed by atoms with E-state index in [1.54, 1.807) is 13.2 Å². The Morgan fingerprint density at radius 1 is 0.821 bits per heavy atom. The zero-order valence-electron chi connectivity index (χ0n) is 15.3. The summed E-state index contributed by atoms with van der Waals surface area (Å²) < 4.78 is 21.1. The molecule has 0 amide bonds. The van der Waals surface area contributed by atoms with E-state index in [-0.39, 0.29) is 5.82 Å². The molecule has 4 heteroatoms. The van der Waals surface area contributed by atoms with E-state index < -0.39 is 0 Å². The number of pyridine rings is 1. The highest BCUT2D eigenvalue weighted by Gasteiger charge is 2.13. The van der Waals surface area contributed by atoms with Crippen molar-refractivity contribution in [2.24, 2.45) is 0 Å². The monoisotopic (exact) mass is 368 g/mol. The van der Waals surface area contributed by atoms with Gasteiger partial charge >= 0.3 is 0 Å². The minimum Gasteiger partial charge on any atom is -0.497 e. The van der Waals surface area contributed by atoms with Gasteiger partial charge in [0.2, 0.25) is 0 Å². The van der Waals surface area contributed by atoms with Crippen molar-refractivity contribution in [3.8, 4) is 28.3 Å². The summed E-state index contributed by atoms with van der Waals surface area (Å²) in [4.78, 5) is 0. The third-order valence-electron chi connectivity index (χ3n) is 4.98. The second-order valence-corrected chi connectivity index (χ2v) is 6.68. The number of benzene rings is 3. The first-order valence-corrected chi connectivity index (χ1v) is 9.05. The van der Waals surface area contributed by atoms with Crippen LogP contribution in [0.25, 0.3) is 38.8 Å². The Kier molecular flexibility index (Phi) is 3.83. The maximum atomic E-state index is 14.0. The number of methoxy groups -OCH3 is 1. The molecule has 0 saturated heterocycles. The maximum absolute atomic E-state index is 14.0. The first kappa shape index (κ1) is 16.5. The molecule has 0 bridgehead atoms. The van der Waals surface area contributed by atoms with Crippen LogP contribution in [0, 0.1) is 5.82 Å². The highest BCUT2D eigenvalue weighted by atomic mass is 19.1. The van der Waals surface area contributed by atoms with Gasteiger partial charge in [-0.15, -0.1) is 0 Å². The van der Waals surface area contributed by atoms with Crippen molar-refractivity contribution in [3.63, 3.8) is 0 Å². The highest BCUT2D eigenvalue weighted by molar-refractivity contribution is 5.99. The lowest BCUT2D eigenvalue weighted by Crippen LogP contribution is -1.95. The summed E-state index contributed by atoms with van der Waals surface area (Å²) in [6.07, 6.45) is 0. The van der Waals surface area contributed by atoms with Crippen molar-refractivity contribution in [2.75, 3.05) is 7.11 Å². The average molecular weight is 368 g/mol. The van der Waals surface area contributed by atoms with Gasteiger partial charge in [0.05, 0.1) is 24.0 Å². The van der Waals surface area contributed by atoms with E-state index in [1.807, 2.05) is 59.1 Å². The number of halogens is 1. The number of hydrogen-bond acceptors (Lipinski definition) is 2. The average Bonchev–Trinajstić information content (AvgIpc) is 3.20. The summed E-state index contributed by atoms with van der Waals surface area (Å²) >= 11 is 0. The standard InChI is InChI=1S/C24H17FN2O/c1-28-20-11-8-16(9-12-20)22-15-24-21-14-19(25)10-7-18(21)13-23(27(24)26-22)17-5-3-2-4-6-17/h2-15H,1H3. The summed E-state index contributed by atoms with van der Waals surface area (Å²) in [6, 6.07) is 26.8. The van der Waals surface area contributed by atoms with Gasteiger partial charge in [0.15, 0.2) is 0 Å². The number of nitrogens with zero attached hydrogens (tertiary/aromatic N) is 2. The van der Waals surface area contributed by atoms with Gasteiger partial charge in [-0.05, 0) is 53.9 Å². The molecule has 0 spiro atoms. The van der Waals surface area contributed by atoms with Crippen molar-refractivity contribution in [1.29, 1.82) is 0 Å². The van der Waals surface area contributed by atoms with Gasteiger partial charge in [-0.25, -0.2) is 8.91 Å². The molecule has 0 saturated carbocycles. The summed E-state index contributed by atoms with van der Waals surface area (Å²) in [7, 11) is 1.65. The molecule has 3 nitrogen and oxygen atoms in total. The third kappa shape index (κ3) is 2.70. The van der Waals surface area contributed by atoms with Crippen LogP contribution in [-0.2, 0) is 0 Å². The van der Waals surface area contributed by atoms with Crippen molar-refractivity contribution in [2.45, 2.75) is 0 Å². The minimum absolute atomic E-state index is 0.256. The van der Waals surface area contributed by atoms with Crippen LogP contribution in [0.2, 0.25) is 0 Å². The Morgan fingerprint density at radius 2 is 1.61 bits per heavy atom. The number of fused-ring (bicyclic) bond motifs is 3. The van der Waals surface area contributed by atoms with Crippen LogP contribution in [0.5, 0.6) is 5.75 Å². The first-order valence-electron chi connectivity index (χ1n) is 9.05. The van der Waals surface area contributed by atoms with Crippen LogP contribution in [-0.4, -0.2) is 16.7 Å². The fraction of sp³-hybridized carbons (Fsp3) is 0.0417. The summed E-state index contributed by atoms with van der Waals surface area (Å²) in [5, 5.41) is 6.67. The molecule has 0 aliphatic heterocycles. The lowest BCUT2D eigenvalue weighted by atomic mass is 10.1. The number of rotatable bonds is 3. The van der Waals surface area contributed by atoms with Crippen molar-refractivity contribution in [1.82, 2.24) is 9.61 Å². The lowest BCUT2D eigenvalue weighted by Gasteiger charge is -2.09. The predicted molar refractivity (Wildman–Crippen MR) is 110 cm³/mol. The van der Waals surface area contributed by atoms with E-state index >= 15 is 0 Å². The minimum atomic E-state index is -0.256. The zero-order valence-corrected chi connectivity index (χ0v) is 15.3. The van der Waals surface area contributed by atoms with Crippen molar-refractivity contribution < 1.29 is 9.13 Å². The van der Waals surface area contributed by atoms with Crippen molar-refractivity contribution >= 4 is 16.3 Å². The van der Waals surface area contributed by atoms with E-state index in [9.17, 15) is 4.39 Å². The number of aromatic nitrogens is 2. The molecule has 0 aliphatic carbocycles. The molecule has 0 unspecified atom stereocenters. The van der Waals surface area contributed by atoms with Gasteiger partial charge in [-0.1, -0.05) is 36.4 Å². The Morgan fingerprint density at radius 3 is 2.36 bits per heavy atom. The summed E-state index contributed by atoms with van der Waals surface area (Å²) in [5.74, 6) is 0.541. The van der Waals surface area contributed by atoms with Crippen LogP contribution >= 0.6 is 0 Å². The van der Waals surface area contributed by atoms with Gasteiger partial charge in [-0.3, -0.25) is 0 Å². The van der Waals surface area contributed by atoms with Gasteiger partial charge in [0.1, 0.15) is 11.6 Å². The Hall–Kier alpha value is -3.66. The quantitative estimate of drug-likeness (QED) is 0.392. The summed E-state index contributed by atoms with van der Waals surface area (Å²) in [6.45, 7) is 0. The van der Waals surface area contributed by atoms with Crippen molar-refractivity contribution in [3.05, 3.63) is 90.7 Å². The molecule has 5 aromatic rings. The van der Waals surface area contributed by atoms with E-state index in [1.165, 1.54) is 6.07 Å². The topological polar surface area (TPSA) is 26.5 Å². The molecule has 0 aliphatic rings. The first-order chi connectivity index (χ1) is 13.7. The fourth-order valence-electron chi connectivity index (χ4n) is 3.56. The van der Waals surface area contributed by atoms with E-state index in [0.29, 0.717) is 0 Å². The van der Waals surface area contributed by atoms with Crippen LogP contribution in [0.4, 0.5) is 4.39 Å². The molecule has 0 atom stereocenters. The number of ether oxygens (including phenoxy) is 1. The smallest absolute Gasteiger partial charge is 0.123 e. The van der Waals surface area contributed by atoms with Gasteiger partial charge in [-0.2, -0.15) is 5.10 Å². The van der Waals surface area contributed by atoms with Crippen LogP contribution < -0.4 is 4.74 Å². The van der Waals surface area contributed by atoms with Gasteiger partial charge in [0, 0.05) is 16.5 Å². The molecule has 3 aromatic carbocycles. The number of hydrogen-bond donors (Lipinski definition) is 0. The predicted octanol–water partition coefficient (Wildman–Crippen LogP) is 5.97. The zero-order chi connectivity index (χ0) is 19.1. The van der Waals surface area contributed by atoms with E-state index in [0.717, 1.165) is 44.6 Å². The largest absolute Gasteiger partial charge is 0.497 e. The fourth-order valence-corrected chi connectivity index (χ4v) is 3.56. The molecule has 2 aromatic heterocycles. The molecule has 0 radical (unpaired) electrons. The van der Waals surface area contributed by atoms with Gasteiger partial charge in [0.25, 0.3) is 0 Å². The van der Waals surface area contributed by atoms with Crippen LogP contribution in [0.1, 0.15) is 0 Å². The molecule has 0 N–H and O–H groups in total. The Bertz CT molecular complexity index is 1290. The van der Waals surface area contributed by atoms with Crippen LogP contribution in [0.3, 0.4) is 0 Å². The molecule has 5 rings (SSSR count). The van der Waals surface area contributed by atoms with E-state index in [2.05, 4.69) is 18.2 Å². The maximum Gasteiger partial charge on any atom is 0.123 e. The summed E-state index contributed by atoms with van der Waals surface area (Å²) in [5.41, 5.74) is 4.71. The Labute approximate surface area is 161 Å². The molecule has 2 heterocycles. The molecular formula is C24H17FN2O. The molecule has 28 heavy (non-hydrogen) atoms. The second-order valence-electron chi connectivity index (χ2n) is 6.68. The molecular weight excluding hydrogens is 351 g/mol. The van der Waals surface area contributed by atoms with E-state index in [4.69, 9.17) is 9.84 Å². The third-order valence-corrected chi connectivity index (χ3v) is 4.98. The second kappa shape index (κ2) is 6.50. The molecule has 0 fully saturated rings. The highest BCUT2D eigenvalue weighted by Crippen LogP contribution is 2.32. The Balaban J connectivity index is 1.81. The SMILES string of the molecule is COc1ccc(-c2cc3c4cc(F)ccc4cc(-c4ccccc4)n3n2)cc1. The van der Waals surface area contributed by atoms with Gasteiger partial charge < -0.3 is 4.74 Å². The van der Waals surface area contributed by atoms with Crippen LogP contribution in [0.15, 0.2) is 84.9 Å². The molecule has 136 valence electrons.